The lowest BCUT2D eigenvalue weighted by molar-refractivity contribution is -0.141. The summed E-state index contributed by atoms with van der Waals surface area (Å²) in [5.41, 5.74) is 5.46. The van der Waals surface area contributed by atoms with Crippen LogP contribution in [0.25, 0.3) is 0 Å². The summed E-state index contributed by atoms with van der Waals surface area (Å²) in [4.78, 5) is 20.4. The average molecular weight is 447 g/mol. The number of anilines is 2. The van der Waals surface area contributed by atoms with Crippen LogP contribution in [-0.2, 0) is 6.18 Å². The number of hydrogen-bond acceptors (Lipinski definition) is 6. The van der Waals surface area contributed by atoms with Crippen molar-refractivity contribution >= 4 is 23.5 Å². The highest BCUT2D eigenvalue weighted by molar-refractivity contribution is 6.04. The summed E-state index contributed by atoms with van der Waals surface area (Å²) in [6.45, 7) is 0. The van der Waals surface area contributed by atoms with Crippen molar-refractivity contribution in [3.63, 3.8) is 0 Å². The Kier molecular flexibility index (Phi) is 8.72. The van der Waals surface area contributed by atoms with Crippen molar-refractivity contribution in [2.45, 2.75) is 44.3 Å². The molecule has 0 unspecified atom stereocenters. The predicted octanol–water partition coefficient (Wildman–Crippen LogP) is 4.17. The topological polar surface area (TPSA) is 124 Å². The van der Waals surface area contributed by atoms with Gasteiger partial charge >= 0.3 is 6.18 Å². The summed E-state index contributed by atoms with van der Waals surface area (Å²) in [6.07, 6.45) is 2.38. The van der Waals surface area contributed by atoms with E-state index in [2.05, 4.69) is 15.3 Å². The van der Waals surface area contributed by atoms with Gasteiger partial charge in [-0.05, 0) is 37.1 Å². The minimum atomic E-state index is -4.67. The highest BCUT2D eigenvalue weighted by Crippen LogP contribution is 2.28. The number of nitriles is 1. The summed E-state index contributed by atoms with van der Waals surface area (Å²) >= 11 is 0. The van der Waals surface area contributed by atoms with Crippen LogP contribution >= 0.6 is 0 Å². The lowest BCUT2D eigenvalue weighted by atomic mass is 9.96. The maximum Gasteiger partial charge on any atom is 0.433 e. The first kappa shape index (κ1) is 24.8. The van der Waals surface area contributed by atoms with Gasteiger partial charge in [-0.25, -0.2) is 4.98 Å². The third kappa shape index (κ3) is 6.52. The third-order valence-electron chi connectivity index (χ3n) is 4.86. The number of nitrogens with two attached hydrogens (primary N) is 1. The third-order valence-corrected chi connectivity index (χ3v) is 4.86. The van der Waals surface area contributed by atoms with Gasteiger partial charge in [-0.15, -0.1) is 0 Å². The SMILES string of the molecule is CO.N#Cc1cc(N)c(C=NC2CCCCC2)cc1NC(=O)c1cccc(C(F)(F)F)n1. The van der Waals surface area contributed by atoms with E-state index in [0.29, 0.717) is 11.3 Å². The Hall–Kier alpha value is -3.45. The van der Waals surface area contributed by atoms with Crippen molar-refractivity contribution in [3.05, 3.63) is 52.8 Å². The van der Waals surface area contributed by atoms with Crippen LogP contribution in [0.3, 0.4) is 0 Å². The summed E-state index contributed by atoms with van der Waals surface area (Å²) in [7, 11) is 1.00. The molecular formula is C22H24F3N5O2. The number of amides is 1. The van der Waals surface area contributed by atoms with Gasteiger partial charge < -0.3 is 16.2 Å². The van der Waals surface area contributed by atoms with Crippen molar-refractivity contribution in [2.24, 2.45) is 4.99 Å². The molecule has 170 valence electrons. The highest BCUT2D eigenvalue weighted by Gasteiger charge is 2.33. The Morgan fingerprint density at radius 2 is 1.97 bits per heavy atom. The Balaban J connectivity index is 0.00000176. The van der Waals surface area contributed by atoms with E-state index in [1.165, 1.54) is 24.6 Å². The van der Waals surface area contributed by atoms with Crippen LogP contribution in [-0.4, -0.2) is 35.4 Å². The molecule has 0 saturated heterocycles. The van der Waals surface area contributed by atoms with Gasteiger partial charge in [-0.2, -0.15) is 18.4 Å². The van der Waals surface area contributed by atoms with Gasteiger partial charge in [-0.1, -0.05) is 25.3 Å². The number of aliphatic hydroxyl groups excluding tert-OH is 1. The van der Waals surface area contributed by atoms with Crippen molar-refractivity contribution in [1.82, 2.24) is 4.98 Å². The molecule has 1 amide bonds. The average Bonchev–Trinajstić information content (AvgIpc) is 2.80. The summed E-state index contributed by atoms with van der Waals surface area (Å²) < 4.78 is 38.5. The zero-order chi connectivity index (χ0) is 23.7. The van der Waals surface area contributed by atoms with Crippen LogP contribution in [0.15, 0.2) is 35.3 Å². The first-order chi connectivity index (χ1) is 15.3. The second-order valence-corrected chi connectivity index (χ2v) is 7.07. The molecule has 0 radical (unpaired) electrons. The zero-order valence-electron chi connectivity index (χ0n) is 17.5. The molecule has 1 aliphatic rings. The van der Waals surface area contributed by atoms with Crippen molar-refractivity contribution in [3.8, 4) is 6.07 Å². The Labute approximate surface area is 183 Å². The van der Waals surface area contributed by atoms with Crippen LogP contribution in [0, 0.1) is 11.3 Å². The molecule has 10 heteroatoms. The number of nitrogens with zero attached hydrogens (tertiary/aromatic N) is 3. The number of aromatic nitrogens is 1. The molecule has 3 rings (SSSR count). The number of benzene rings is 1. The number of aliphatic hydroxyl groups is 1. The van der Waals surface area contributed by atoms with Crippen LogP contribution in [0.1, 0.15) is 59.4 Å². The maximum atomic E-state index is 12.8. The van der Waals surface area contributed by atoms with E-state index in [1.54, 1.807) is 6.21 Å². The van der Waals surface area contributed by atoms with E-state index >= 15 is 0 Å². The summed E-state index contributed by atoms with van der Waals surface area (Å²) in [5, 5.41) is 18.8. The second kappa shape index (κ2) is 11.2. The molecule has 2 aromatic rings. The molecule has 0 bridgehead atoms. The van der Waals surface area contributed by atoms with E-state index in [1.807, 2.05) is 6.07 Å². The second-order valence-electron chi connectivity index (χ2n) is 7.07. The summed E-state index contributed by atoms with van der Waals surface area (Å²) in [6, 6.07) is 8.07. The van der Waals surface area contributed by atoms with Crippen LogP contribution in [0.2, 0.25) is 0 Å². The molecule has 1 saturated carbocycles. The van der Waals surface area contributed by atoms with E-state index in [4.69, 9.17) is 10.8 Å². The first-order valence-electron chi connectivity index (χ1n) is 9.95. The smallest absolute Gasteiger partial charge is 0.400 e. The number of aliphatic imine (C=N–C) groups is 1. The molecule has 4 N–H and O–H groups in total. The molecule has 7 nitrogen and oxygen atoms in total. The number of pyridine rings is 1. The van der Waals surface area contributed by atoms with Gasteiger partial charge in [0.25, 0.3) is 5.91 Å². The standard InChI is InChI=1S/C21H20F3N5O.CH4O/c22-21(23,24)19-8-4-7-17(28-19)20(30)29-18-10-14(16(26)9-13(18)11-25)12-27-15-5-2-1-3-6-15;1-2/h4,7-10,12,15H,1-3,5-6,26H2,(H,29,30);2H,1H3. The molecule has 1 fully saturated rings. The van der Waals surface area contributed by atoms with Crippen molar-refractivity contribution in [1.29, 1.82) is 5.26 Å². The molecule has 0 spiro atoms. The maximum absolute atomic E-state index is 12.8. The van der Waals surface area contributed by atoms with Gasteiger partial charge in [0, 0.05) is 30.6 Å². The Bertz CT molecular complexity index is 1010. The first-order valence-corrected chi connectivity index (χ1v) is 9.95. The minimum Gasteiger partial charge on any atom is -0.400 e. The molecule has 1 aromatic heterocycles. The number of nitrogens with one attached hydrogen (secondary N) is 1. The van der Waals surface area contributed by atoms with Gasteiger partial charge in [0.1, 0.15) is 17.5 Å². The molecule has 0 atom stereocenters. The fraction of sp³-hybridized carbons (Fsp3) is 0.364. The largest absolute Gasteiger partial charge is 0.433 e. The molecule has 0 aliphatic heterocycles. The normalized spacial score (nSPS) is 14.4. The number of carbonyl (C=O) groups excluding carboxylic acids is 1. The van der Waals surface area contributed by atoms with E-state index in [9.17, 15) is 23.2 Å². The number of carbonyl (C=O) groups is 1. The number of nitrogen functional groups attached to an aromatic ring is 1. The monoisotopic (exact) mass is 447 g/mol. The molecule has 1 heterocycles. The number of hydrogen-bond donors (Lipinski definition) is 3. The quantitative estimate of drug-likeness (QED) is 0.479. The van der Waals surface area contributed by atoms with Crippen LogP contribution < -0.4 is 11.1 Å². The summed E-state index contributed by atoms with van der Waals surface area (Å²) in [5.74, 6) is -0.863. The molecule has 1 aromatic carbocycles. The van der Waals surface area contributed by atoms with Crippen LogP contribution in [0.4, 0.5) is 24.5 Å². The molecular weight excluding hydrogens is 423 g/mol. The fourth-order valence-corrected chi connectivity index (χ4v) is 3.26. The lowest BCUT2D eigenvalue weighted by Gasteiger charge is -2.17. The number of halogens is 3. The molecule has 32 heavy (non-hydrogen) atoms. The Morgan fingerprint density at radius 3 is 2.59 bits per heavy atom. The van der Waals surface area contributed by atoms with E-state index < -0.39 is 23.5 Å². The fourth-order valence-electron chi connectivity index (χ4n) is 3.26. The van der Waals surface area contributed by atoms with E-state index in [-0.39, 0.29) is 17.3 Å². The van der Waals surface area contributed by atoms with Gasteiger partial charge in [-0.3, -0.25) is 9.79 Å². The van der Waals surface area contributed by atoms with Crippen LogP contribution in [0.5, 0.6) is 0 Å². The Morgan fingerprint density at radius 1 is 1.28 bits per heavy atom. The van der Waals surface area contributed by atoms with Crippen molar-refractivity contribution in [2.75, 3.05) is 18.2 Å². The molecule has 1 aliphatic carbocycles. The van der Waals surface area contributed by atoms with Gasteiger partial charge in [0.2, 0.25) is 0 Å². The highest BCUT2D eigenvalue weighted by atomic mass is 19.4. The van der Waals surface area contributed by atoms with E-state index in [0.717, 1.165) is 44.9 Å². The predicted molar refractivity (Wildman–Crippen MR) is 115 cm³/mol. The number of rotatable bonds is 4. The van der Waals surface area contributed by atoms with Gasteiger partial charge in [0.15, 0.2) is 0 Å². The lowest BCUT2D eigenvalue weighted by Crippen LogP contribution is -2.18. The van der Waals surface area contributed by atoms with Crippen molar-refractivity contribution < 1.29 is 23.1 Å². The number of alkyl halides is 3. The minimum absolute atomic E-state index is 0.0858. The van der Waals surface area contributed by atoms with Gasteiger partial charge in [0.05, 0.1) is 11.3 Å². The zero-order valence-corrected chi connectivity index (χ0v) is 17.5.